The molecule has 3 N–H and O–H groups in total. The number of carbonyl (C=O) groups excluding carboxylic acids is 1. The number of rotatable bonds is 5. The minimum Gasteiger partial charge on any atom is -0.467 e. The molecule has 0 saturated carbocycles. The van der Waals surface area contributed by atoms with Crippen molar-refractivity contribution in [3.05, 3.63) is 22.9 Å². The molecule has 1 rings (SSSR count). The van der Waals surface area contributed by atoms with E-state index in [1.54, 1.807) is 13.0 Å². The highest BCUT2D eigenvalue weighted by atomic mass is 16.5. The Hall–Kier alpha value is -2.17. The van der Waals surface area contributed by atoms with Crippen LogP contribution >= 0.6 is 0 Å². The Morgan fingerprint density at radius 2 is 2.39 bits per heavy atom. The first-order chi connectivity index (χ1) is 8.62. The normalized spacial score (nSPS) is 9.67. The number of pyridine rings is 1. The number of hydrogen-bond acceptors (Lipinski definition) is 6. The Morgan fingerprint density at radius 3 is 2.94 bits per heavy atom. The number of hydrazine groups is 1. The number of ether oxygens (including phenoxy) is 2. The van der Waals surface area contributed by atoms with Crippen LogP contribution in [0.3, 0.4) is 0 Å². The Morgan fingerprint density at radius 1 is 1.67 bits per heavy atom. The number of amides is 1. The zero-order chi connectivity index (χ0) is 13.5. The molecule has 0 aliphatic rings. The van der Waals surface area contributed by atoms with E-state index in [1.165, 1.54) is 7.11 Å². The zero-order valence-corrected chi connectivity index (χ0v) is 10.2. The topological polar surface area (TPSA) is 110 Å². The first kappa shape index (κ1) is 13.9. The average Bonchev–Trinajstić information content (AvgIpc) is 2.36. The van der Waals surface area contributed by atoms with Crippen LogP contribution in [0.2, 0.25) is 0 Å². The van der Waals surface area contributed by atoms with Crippen molar-refractivity contribution in [2.75, 3.05) is 13.7 Å². The molecule has 0 bridgehead atoms. The number of nitriles is 1. The molecule has 0 aliphatic heterocycles. The molecule has 0 atom stereocenters. The number of nitrogens with one attached hydrogen (secondary N) is 1. The molecule has 0 spiro atoms. The van der Waals surface area contributed by atoms with E-state index in [4.69, 9.17) is 20.6 Å². The molecule has 1 aromatic rings. The van der Waals surface area contributed by atoms with Crippen molar-refractivity contribution < 1.29 is 14.3 Å². The third-order valence-corrected chi connectivity index (χ3v) is 2.11. The maximum Gasteiger partial charge on any atom is 0.271 e. The molecule has 18 heavy (non-hydrogen) atoms. The summed E-state index contributed by atoms with van der Waals surface area (Å²) in [7, 11) is 1.53. The van der Waals surface area contributed by atoms with E-state index < -0.39 is 5.91 Å². The van der Waals surface area contributed by atoms with Gasteiger partial charge in [0.25, 0.3) is 5.91 Å². The fourth-order valence-corrected chi connectivity index (χ4v) is 1.38. The van der Waals surface area contributed by atoms with Crippen molar-refractivity contribution in [1.29, 1.82) is 5.26 Å². The van der Waals surface area contributed by atoms with E-state index in [9.17, 15) is 4.79 Å². The molecule has 1 heterocycles. The highest BCUT2D eigenvalue weighted by Crippen LogP contribution is 2.21. The van der Waals surface area contributed by atoms with Crippen LogP contribution in [0, 0.1) is 18.3 Å². The van der Waals surface area contributed by atoms with Crippen molar-refractivity contribution in [3.8, 4) is 11.9 Å². The van der Waals surface area contributed by atoms with Gasteiger partial charge < -0.3 is 9.47 Å². The van der Waals surface area contributed by atoms with Gasteiger partial charge in [0, 0.05) is 18.4 Å². The Labute approximate surface area is 104 Å². The lowest BCUT2D eigenvalue weighted by Gasteiger charge is -2.10. The van der Waals surface area contributed by atoms with E-state index in [0.29, 0.717) is 11.3 Å². The molecule has 1 aromatic heterocycles. The number of methoxy groups -OCH3 is 1. The third kappa shape index (κ3) is 3.41. The van der Waals surface area contributed by atoms with Gasteiger partial charge >= 0.3 is 0 Å². The van der Waals surface area contributed by atoms with Gasteiger partial charge in [-0.05, 0) is 13.0 Å². The van der Waals surface area contributed by atoms with Gasteiger partial charge in [-0.2, -0.15) is 5.26 Å². The molecule has 0 saturated heterocycles. The monoisotopic (exact) mass is 250 g/mol. The molecule has 96 valence electrons. The second-order valence-electron chi connectivity index (χ2n) is 3.50. The molecule has 0 fully saturated rings. The summed E-state index contributed by atoms with van der Waals surface area (Å²) in [6, 6.07) is 3.72. The van der Waals surface area contributed by atoms with Crippen LogP contribution in [0.4, 0.5) is 0 Å². The highest BCUT2D eigenvalue weighted by Gasteiger charge is 2.13. The molecule has 0 aliphatic carbocycles. The number of nitrogens with two attached hydrogens (primary N) is 1. The smallest absolute Gasteiger partial charge is 0.271 e. The highest BCUT2D eigenvalue weighted by molar-refractivity contribution is 5.76. The molecule has 0 aromatic carbocycles. The van der Waals surface area contributed by atoms with Crippen LogP contribution in [-0.4, -0.2) is 24.6 Å². The maximum absolute atomic E-state index is 11.0. The standard InChI is InChI=1S/C11H14N4O3/c1-7-3-8(5-17-2)9(4-12)11(14-7)18-6-10(16)15-13/h3H,5-6,13H2,1-2H3,(H,15,16). The van der Waals surface area contributed by atoms with Gasteiger partial charge in [-0.3, -0.25) is 10.2 Å². The van der Waals surface area contributed by atoms with Crippen molar-refractivity contribution in [2.24, 2.45) is 5.84 Å². The minimum atomic E-state index is -0.504. The minimum absolute atomic E-state index is 0.105. The van der Waals surface area contributed by atoms with E-state index in [2.05, 4.69) is 4.98 Å². The molecular formula is C11H14N4O3. The maximum atomic E-state index is 11.0. The van der Waals surface area contributed by atoms with E-state index in [-0.39, 0.29) is 24.7 Å². The lowest BCUT2D eigenvalue weighted by atomic mass is 10.1. The summed E-state index contributed by atoms with van der Waals surface area (Å²) in [6.07, 6.45) is 0. The number of aryl methyl sites for hydroxylation is 1. The summed E-state index contributed by atoms with van der Waals surface area (Å²) in [5, 5.41) is 9.09. The van der Waals surface area contributed by atoms with Crippen LogP contribution in [0.25, 0.3) is 0 Å². The number of nitrogens with zero attached hydrogens (tertiary/aromatic N) is 2. The molecule has 0 radical (unpaired) electrons. The third-order valence-electron chi connectivity index (χ3n) is 2.11. The van der Waals surface area contributed by atoms with Crippen molar-refractivity contribution >= 4 is 5.91 Å². The van der Waals surface area contributed by atoms with Crippen LogP contribution < -0.4 is 16.0 Å². The van der Waals surface area contributed by atoms with E-state index in [1.807, 2.05) is 11.5 Å². The second kappa shape index (κ2) is 6.54. The molecule has 0 unspecified atom stereocenters. The van der Waals surface area contributed by atoms with E-state index >= 15 is 0 Å². The van der Waals surface area contributed by atoms with Gasteiger partial charge in [-0.1, -0.05) is 0 Å². The first-order valence-corrected chi connectivity index (χ1v) is 5.14. The summed E-state index contributed by atoms with van der Waals surface area (Å²) in [4.78, 5) is 15.1. The van der Waals surface area contributed by atoms with Crippen LogP contribution in [-0.2, 0) is 16.1 Å². The van der Waals surface area contributed by atoms with Crippen molar-refractivity contribution in [3.63, 3.8) is 0 Å². The Kier molecular flexibility index (Phi) is 5.05. The van der Waals surface area contributed by atoms with Gasteiger partial charge in [0.1, 0.15) is 11.6 Å². The summed E-state index contributed by atoms with van der Waals surface area (Å²) in [6.45, 7) is 1.73. The van der Waals surface area contributed by atoms with Crippen molar-refractivity contribution in [2.45, 2.75) is 13.5 Å². The SMILES string of the molecule is COCc1cc(C)nc(OCC(=O)NN)c1C#N. The summed E-state index contributed by atoms with van der Waals surface area (Å²) >= 11 is 0. The lowest BCUT2D eigenvalue weighted by molar-refractivity contribution is -0.123. The average molecular weight is 250 g/mol. The number of aromatic nitrogens is 1. The van der Waals surface area contributed by atoms with Crippen LogP contribution in [0.1, 0.15) is 16.8 Å². The van der Waals surface area contributed by atoms with Gasteiger partial charge in [-0.15, -0.1) is 0 Å². The summed E-state index contributed by atoms with van der Waals surface area (Å²) in [5.41, 5.74) is 3.52. The molecule has 7 heteroatoms. The number of carbonyl (C=O) groups is 1. The molecule has 7 nitrogen and oxygen atoms in total. The first-order valence-electron chi connectivity index (χ1n) is 5.14. The predicted octanol–water partition coefficient (Wildman–Crippen LogP) is -0.223. The zero-order valence-electron chi connectivity index (χ0n) is 10.2. The quantitative estimate of drug-likeness (QED) is 0.424. The largest absolute Gasteiger partial charge is 0.467 e. The van der Waals surface area contributed by atoms with Crippen molar-refractivity contribution in [1.82, 2.24) is 10.4 Å². The van der Waals surface area contributed by atoms with Gasteiger partial charge in [0.05, 0.1) is 6.61 Å². The van der Waals surface area contributed by atoms with Gasteiger partial charge in [0.15, 0.2) is 6.61 Å². The van der Waals surface area contributed by atoms with Gasteiger partial charge in [-0.25, -0.2) is 10.8 Å². The molecule has 1 amide bonds. The summed E-state index contributed by atoms with van der Waals surface area (Å²) in [5.74, 6) is 4.53. The molecular weight excluding hydrogens is 236 g/mol. The fourth-order valence-electron chi connectivity index (χ4n) is 1.38. The Balaban J connectivity index is 3.02. The van der Waals surface area contributed by atoms with Crippen LogP contribution in [0.5, 0.6) is 5.88 Å². The number of hydrogen-bond donors (Lipinski definition) is 2. The predicted molar refractivity (Wildman–Crippen MR) is 62.2 cm³/mol. The lowest BCUT2D eigenvalue weighted by Crippen LogP contribution is -2.34. The summed E-state index contributed by atoms with van der Waals surface area (Å²) < 4.78 is 10.2. The Bertz CT molecular complexity index is 482. The van der Waals surface area contributed by atoms with Gasteiger partial charge in [0.2, 0.25) is 5.88 Å². The van der Waals surface area contributed by atoms with E-state index in [0.717, 1.165) is 0 Å². The second-order valence-corrected chi connectivity index (χ2v) is 3.50. The van der Waals surface area contributed by atoms with Crippen LogP contribution in [0.15, 0.2) is 6.07 Å². The fraction of sp³-hybridized carbons (Fsp3) is 0.364.